The van der Waals surface area contributed by atoms with Crippen molar-refractivity contribution in [3.63, 3.8) is 0 Å². The van der Waals surface area contributed by atoms with Gasteiger partial charge in [-0.3, -0.25) is 14.9 Å². The summed E-state index contributed by atoms with van der Waals surface area (Å²) < 4.78 is 0. The van der Waals surface area contributed by atoms with E-state index in [4.69, 9.17) is 0 Å². The molecule has 0 radical (unpaired) electrons. The molecule has 0 aliphatic carbocycles. The number of amides is 2. The van der Waals surface area contributed by atoms with Crippen LogP contribution in [0.3, 0.4) is 0 Å². The van der Waals surface area contributed by atoms with Crippen molar-refractivity contribution in [1.82, 2.24) is 5.32 Å². The smallest absolute Gasteiger partial charge is 0.250 e. The first kappa shape index (κ1) is 12.9. The van der Waals surface area contributed by atoms with Gasteiger partial charge in [0, 0.05) is 12.2 Å². The third-order valence-electron chi connectivity index (χ3n) is 2.26. The highest BCUT2D eigenvalue weighted by molar-refractivity contribution is 6.12. The number of carbonyl (C=O) groups is 2. The third kappa shape index (κ3) is 4.47. The zero-order chi connectivity index (χ0) is 12.7. The number of aryl methyl sites for hydroxylation is 1. The summed E-state index contributed by atoms with van der Waals surface area (Å²) >= 11 is 0. The maximum Gasteiger partial charge on any atom is 0.250 e. The van der Waals surface area contributed by atoms with E-state index in [1.54, 1.807) is 0 Å². The molecule has 0 aromatic heterocycles. The van der Waals surface area contributed by atoms with Gasteiger partial charge in [0.2, 0.25) is 0 Å². The Labute approximate surface area is 101 Å². The first-order valence-electron chi connectivity index (χ1n) is 5.40. The van der Waals surface area contributed by atoms with Crippen molar-refractivity contribution in [2.24, 2.45) is 0 Å². The van der Waals surface area contributed by atoms with E-state index in [0.29, 0.717) is 0 Å². The molecule has 17 heavy (non-hydrogen) atoms. The number of hydrogen-bond acceptors (Lipinski definition) is 2. The molecule has 1 aliphatic rings. The number of carbonyl (C=O) groups excluding carboxylic acids is 2. The van der Waals surface area contributed by atoms with E-state index >= 15 is 0 Å². The molecule has 1 N–H and O–H groups in total. The second kappa shape index (κ2) is 6.43. The van der Waals surface area contributed by atoms with Crippen molar-refractivity contribution in [2.45, 2.75) is 13.3 Å². The lowest BCUT2D eigenvalue weighted by molar-refractivity contribution is -0.123. The highest BCUT2D eigenvalue weighted by atomic mass is 16.2. The van der Waals surface area contributed by atoms with E-state index in [9.17, 15) is 9.59 Å². The molecule has 2 amide bonds. The van der Waals surface area contributed by atoms with Crippen LogP contribution in [0.15, 0.2) is 43.0 Å². The van der Waals surface area contributed by atoms with Crippen molar-refractivity contribution in [1.29, 1.82) is 0 Å². The predicted octanol–water partition coefficient (Wildman–Crippen LogP) is 2.09. The molecule has 1 aromatic carbocycles. The lowest BCUT2D eigenvalue weighted by Gasteiger charge is -1.95. The SMILES string of the molecule is C=Cc1ccc(CC)cc1.O=C1C=CC(=O)N1. The van der Waals surface area contributed by atoms with Crippen LogP contribution in [0, 0.1) is 0 Å². The molecule has 0 unspecified atom stereocenters. The Morgan fingerprint density at radius 2 is 1.65 bits per heavy atom. The van der Waals surface area contributed by atoms with E-state index in [0.717, 1.165) is 6.42 Å². The van der Waals surface area contributed by atoms with Crippen molar-refractivity contribution in [3.05, 3.63) is 54.1 Å². The van der Waals surface area contributed by atoms with Crippen molar-refractivity contribution < 1.29 is 9.59 Å². The minimum atomic E-state index is -0.329. The van der Waals surface area contributed by atoms with Gasteiger partial charge in [-0.1, -0.05) is 43.8 Å². The summed E-state index contributed by atoms with van der Waals surface area (Å²) in [4.78, 5) is 20.1. The van der Waals surface area contributed by atoms with E-state index < -0.39 is 0 Å². The molecular weight excluding hydrogens is 214 g/mol. The lowest BCUT2D eigenvalue weighted by Crippen LogP contribution is -2.19. The van der Waals surface area contributed by atoms with Crippen LogP contribution in [0.2, 0.25) is 0 Å². The quantitative estimate of drug-likeness (QED) is 0.789. The molecule has 1 heterocycles. The fraction of sp³-hybridized carbons (Fsp3) is 0.143. The van der Waals surface area contributed by atoms with E-state index in [1.807, 2.05) is 11.4 Å². The summed E-state index contributed by atoms with van der Waals surface area (Å²) in [6, 6.07) is 8.45. The topological polar surface area (TPSA) is 46.2 Å². The van der Waals surface area contributed by atoms with Gasteiger partial charge in [-0.2, -0.15) is 0 Å². The van der Waals surface area contributed by atoms with Gasteiger partial charge < -0.3 is 0 Å². The van der Waals surface area contributed by atoms with Crippen LogP contribution in [-0.4, -0.2) is 11.8 Å². The van der Waals surface area contributed by atoms with Crippen LogP contribution in [-0.2, 0) is 16.0 Å². The minimum Gasteiger partial charge on any atom is -0.289 e. The van der Waals surface area contributed by atoms with Crippen molar-refractivity contribution >= 4 is 17.9 Å². The largest absolute Gasteiger partial charge is 0.289 e. The standard InChI is InChI=1S/C10H12.C4H3NO2/c1-3-9-5-7-10(4-2)8-6-9;6-3-1-2-4(7)5-3/h3,5-8H,1,4H2,2H3;1-2H,(H,5,6,7). The fourth-order valence-corrected chi connectivity index (χ4v) is 1.25. The van der Waals surface area contributed by atoms with E-state index in [1.165, 1.54) is 23.3 Å². The normalized spacial score (nSPS) is 12.8. The van der Waals surface area contributed by atoms with Crippen LogP contribution in [0.4, 0.5) is 0 Å². The summed E-state index contributed by atoms with van der Waals surface area (Å²) in [5, 5.41) is 2.03. The van der Waals surface area contributed by atoms with Gasteiger partial charge in [0.05, 0.1) is 0 Å². The molecule has 0 fully saturated rings. The molecule has 0 saturated carbocycles. The molecule has 3 heteroatoms. The summed E-state index contributed by atoms with van der Waals surface area (Å²) in [5.41, 5.74) is 2.57. The lowest BCUT2D eigenvalue weighted by atomic mass is 10.1. The van der Waals surface area contributed by atoms with Gasteiger partial charge in [0.25, 0.3) is 11.8 Å². The maximum absolute atomic E-state index is 10.0. The third-order valence-corrected chi connectivity index (χ3v) is 2.26. The first-order valence-corrected chi connectivity index (χ1v) is 5.40. The molecule has 3 nitrogen and oxygen atoms in total. The average molecular weight is 229 g/mol. The molecule has 0 spiro atoms. The Balaban J connectivity index is 0.000000181. The number of benzene rings is 1. The second-order valence-electron chi connectivity index (χ2n) is 3.49. The maximum atomic E-state index is 10.0. The zero-order valence-corrected chi connectivity index (χ0v) is 9.77. The number of imide groups is 1. The van der Waals surface area contributed by atoms with Crippen LogP contribution < -0.4 is 5.32 Å². The molecule has 0 bridgehead atoms. The molecule has 2 rings (SSSR count). The Morgan fingerprint density at radius 3 is 1.94 bits per heavy atom. The van der Waals surface area contributed by atoms with Crippen LogP contribution in [0.1, 0.15) is 18.1 Å². The Hall–Kier alpha value is -2.16. The Bertz CT molecular complexity index is 428. The summed E-state index contributed by atoms with van der Waals surface area (Å²) in [5.74, 6) is -0.657. The van der Waals surface area contributed by atoms with Gasteiger partial charge in [0.15, 0.2) is 0 Å². The molecular formula is C14H15NO2. The minimum absolute atomic E-state index is 0.329. The van der Waals surface area contributed by atoms with E-state index in [-0.39, 0.29) is 11.8 Å². The number of rotatable bonds is 2. The average Bonchev–Trinajstić information content (AvgIpc) is 2.74. The Morgan fingerprint density at radius 1 is 1.12 bits per heavy atom. The fourth-order valence-electron chi connectivity index (χ4n) is 1.25. The van der Waals surface area contributed by atoms with Gasteiger partial charge in [-0.25, -0.2) is 0 Å². The predicted molar refractivity (Wildman–Crippen MR) is 68.2 cm³/mol. The molecule has 1 aliphatic heterocycles. The van der Waals surface area contributed by atoms with Crippen LogP contribution in [0.5, 0.6) is 0 Å². The summed E-state index contributed by atoms with van der Waals surface area (Å²) in [6.07, 6.45) is 5.36. The second-order valence-corrected chi connectivity index (χ2v) is 3.49. The van der Waals surface area contributed by atoms with Crippen LogP contribution >= 0.6 is 0 Å². The first-order chi connectivity index (χ1) is 8.15. The molecule has 1 aromatic rings. The van der Waals surface area contributed by atoms with Crippen molar-refractivity contribution in [2.75, 3.05) is 0 Å². The van der Waals surface area contributed by atoms with Gasteiger partial charge >= 0.3 is 0 Å². The number of nitrogens with one attached hydrogen (secondary N) is 1. The summed E-state index contributed by atoms with van der Waals surface area (Å²) in [6.45, 7) is 5.84. The van der Waals surface area contributed by atoms with Gasteiger partial charge in [-0.15, -0.1) is 0 Å². The number of hydrogen-bond donors (Lipinski definition) is 1. The molecule has 0 saturated heterocycles. The summed E-state index contributed by atoms with van der Waals surface area (Å²) in [7, 11) is 0. The molecule has 0 atom stereocenters. The highest BCUT2D eigenvalue weighted by Gasteiger charge is 2.06. The monoisotopic (exact) mass is 229 g/mol. The van der Waals surface area contributed by atoms with Gasteiger partial charge in [-0.05, 0) is 17.5 Å². The zero-order valence-electron chi connectivity index (χ0n) is 9.77. The highest BCUT2D eigenvalue weighted by Crippen LogP contribution is 2.05. The van der Waals surface area contributed by atoms with Gasteiger partial charge in [0.1, 0.15) is 0 Å². The van der Waals surface area contributed by atoms with Crippen molar-refractivity contribution in [3.8, 4) is 0 Å². The van der Waals surface area contributed by atoms with E-state index in [2.05, 4.69) is 37.8 Å². The molecule has 88 valence electrons. The van der Waals surface area contributed by atoms with Crippen LogP contribution in [0.25, 0.3) is 6.08 Å². The Kier molecular flexibility index (Phi) is 4.88.